The highest BCUT2D eigenvalue weighted by Gasteiger charge is 2.34. The van der Waals surface area contributed by atoms with Gasteiger partial charge in [-0.2, -0.15) is 13.2 Å². The van der Waals surface area contributed by atoms with Crippen LogP contribution in [-0.2, 0) is 6.18 Å². The maximum Gasteiger partial charge on any atom is 0.419 e. The third kappa shape index (κ3) is 4.82. The van der Waals surface area contributed by atoms with E-state index < -0.39 is 23.3 Å². The molecule has 0 saturated carbocycles. The summed E-state index contributed by atoms with van der Waals surface area (Å²) < 4.78 is 51.2. The Morgan fingerprint density at radius 3 is 2.28 bits per heavy atom. The summed E-state index contributed by atoms with van der Waals surface area (Å²) >= 11 is 0. The number of ketones is 1. The van der Waals surface area contributed by atoms with E-state index in [0.717, 1.165) is 17.8 Å². The molecule has 0 saturated heterocycles. The number of halogens is 4. The normalized spacial score (nSPS) is 11.6. The Labute approximate surface area is 142 Å². The van der Waals surface area contributed by atoms with Crippen LogP contribution in [0.1, 0.15) is 15.9 Å². The number of benzene rings is 2. The van der Waals surface area contributed by atoms with Crippen LogP contribution in [-0.4, -0.2) is 19.9 Å². The number of nitrogens with zero attached hydrogens (tertiary/aromatic N) is 1. The second-order valence-corrected chi connectivity index (χ2v) is 5.48. The first-order chi connectivity index (χ1) is 11.7. The fourth-order valence-corrected chi connectivity index (χ4v) is 2.06. The molecule has 25 heavy (non-hydrogen) atoms. The van der Waals surface area contributed by atoms with Crippen molar-refractivity contribution in [2.24, 2.45) is 0 Å². The van der Waals surface area contributed by atoms with Gasteiger partial charge in [-0.15, -0.1) is 0 Å². The highest BCUT2D eigenvalue weighted by molar-refractivity contribution is 6.04. The quantitative estimate of drug-likeness (QED) is 0.480. The van der Waals surface area contributed by atoms with E-state index in [1.165, 1.54) is 6.20 Å². The van der Waals surface area contributed by atoms with Gasteiger partial charge in [0.1, 0.15) is 5.82 Å². The molecule has 0 spiro atoms. The molecule has 3 nitrogen and oxygen atoms in total. The number of carbonyl (C=O) groups is 1. The van der Waals surface area contributed by atoms with E-state index in [1.807, 2.05) is 31.1 Å². The summed E-state index contributed by atoms with van der Waals surface area (Å²) in [6.45, 7) is 0. The van der Waals surface area contributed by atoms with Crippen LogP contribution in [0.2, 0.25) is 0 Å². The van der Waals surface area contributed by atoms with E-state index in [4.69, 9.17) is 0 Å². The molecule has 0 amide bonds. The lowest BCUT2D eigenvalue weighted by molar-refractivity contribution is -0.140. The average Bonchev–Trinajstić information content (AvgIpc) is 2.54. The minimum Gasteiger partial charge on any atom is -0.378 e. The molecule has 0 unspecified atom stereocenters. The first kappa shape index (κ1) is 18.5. The fourth-order valence-electron chi connectivity index (χ4n) is 2.06. The standard InChI is InChI=1S/C18H16F4N2O/c1-24(2)14-6-4-13(5-7-14)23-10-9-17(25)12-3-8-16(19)15(11-12)18(20,21)22/h3-11,23H,1-2H3/b10-9+. The molecule has 0 atom stereocenters. The van der Waals surface area contributed by atoms with Crippen molar-refractivity contribution in [2.75, 3.05) is 24.3 Å². The highest BCUT2D eigenvalue weighted by atomic mass is 19.4. The van der Waals surface area contributed by atoms with Gasteiger partial charge in [-0.25, -0.2) is 4.39 Å². The SMILES string of the molecule is CN(C)c1ccc(N/C=C/C(=O)c2ccc(F)c(C(F)(F)F)c2)cc1. The van der Waals surface area contributed by atoms with Gasteiger partial charge < -0.3 is 10.2 Å². The zero-order valence-electron chi connectivity index (χ0n) is 13.6. The zero-order chi connectivity index (χ0) is 18.6. The molecular weight excluding hydrogens is 336 g/mol. The van der Waals surface area contributed by atoms with Gasteiger partial charge in [-0.3, -0.25) is 4.79 Å². The molecule has 2 aromatic rings. The second-order valence-electron chi connectivity index (χ2n) is 5.48. The predicted octanol–water partition coefficient (Wildman–Crippen LogP) is 4.72. The topological polar surface area (TPSA) is 32.3 Å². The maximum atomic E-state index is 13.2. The number of nitrogens with one attached hydrogen (secondary N) is 1. The summed E-state index contributed by atoms with van der Waals surface area (Å²) in [7, 11) is 3.80. The van der Waals surface area contributed by atoms with Gasteiger partial charge in [0.15, 0.2) is 5.78 Å². The van der Waals surface area contributed by atoms with E-state index in [-0.39, 0.29) is 5.56 Å². The largest absolute Gasteiger partial charge is 0.419 e. The van der Waals surface area contributed by atoms with Gasteiger partial charge in [-0.1, -0.05) is 0 Å². The van der Waals surface area contributed by atoms with Crippen LogP contribution in [0.4, 0.5) is 28.9 Å². The Balaban J connectivity index is 2.08. The van der Waals surface area contributed by atoms with Crippen LogP contribution in [0.25, 0.3) is 0 Å². The summed E-state index contributed by atoms with van der Waals surface area (Å²) in [6, 6.07) is 9.49. The monoisotopic (exact) mass is 352 g/mol. The highest BCUT2D eigenvalue weighted by Crippen LogP contribution is 2.32. The summed E-state index contributed by atoms with van der Waals surface area (Å²) in [5.41, 5.74) is 0.00930. The molecule has 132 valence electrons. The molecule has 0 aromatic heterocycles. The lowest BCUT2D eigenvalue weighted by Gasteiger charge is -2.12. The van der Waals surface area contributed by atoms with Crippen LogP contribution >= 0.6 is 0 Å². The zero-order valence-corrected chi connectivity index (χ0v) is 13.6. The molecule has 0 aliphatic heterocycles. The molecule has 2 rings (SSSR count). The van der Waals surface area contributed by atoms with Crippen molar-refractivity contribution >= 4 is 17.2 Å². The van der Waals surface area contributed by atoms with Gasteiger partial charge in [0.05, 0.1) is 5.56 Å². The van der Waals surface area contributed by atoms with Crippen molar-refractivity contribution in [3.63, 3.8) is 0 Å². The first-order valence-corrected chi connectivity index (χ1v) is 7.30. The number of anilines is 2. The fraction of sp³-hybridized carbons (Fsp3) is 0.167. The average molecular weight is 352 g/mol. The van der Waals surface area contributed by atoms with Gasteiger partial charge in [0.2, 0.25) is 0 Å². The van der Waals surface area contributed by atoms with Crippen molar-refractivity contribution in [1.82, 2.24) is 0 Å². The predicted molar refractivity (Wildman–Crippen MR) is 89.3 cm³/mol. The molecule has 1 N–H and O–H groups in total. The lowest BCUT2D eigenvalue weighted by Crippen LogP contribution is -2.10. The Morgan fingerprint density at radius 2 is 1.72 bits per heavy atom. The van der Waals surface area contributed by atoms with E-state index >= 15 is 0 Å². The van der Waals surface area contributed by atoms with Crippen molar-refractivity contribution in [1.29, 1.82) is 0 Å². The molecule has 0 heterocycles. The van der Waals surface area contributed by atoms with Crippen molar-refractivity contribution in [2.45, 2.75) is 6.18 Å². The Bertz CT molecular complexity index is 781. The van der Waals surface area contributed by atoms with Crippen LogP contribution in [0, 0.1) is 5.82 Å². The molecule has 0 radical (unpaired) electrons. The summed E-state index contributed by atoms with van der Waals surface area (Å²) in [4.78, 5) is 13.9. The third-order valence-electron chi connectivity index (χ3n) is 3.42. The number of rotatable bonds is 5. The molecule has 7 heteroatoms. The molecular formula is C18H16F4N2O. The number of alkyl halides is 3. The van der Waals surface area contributed by atoms with Gasteiger partial charge in [-0.05, 0) is 42.5 Å². The van der Waals surface area contributed by atoms with Gasteiger partial charge >= 0.3 is 6.18 Å². The summed E-state index contributed by atoms with van der Waals surface area (Å²) in [5, 5.41) is 2.85. The van der Waals surface area contributed by atoms with Gasteiger partial charge in [0, 0.05) is 43.3 Å². The molecule has 0 fully saturated rings. The number of hydrogen-bond donors (Lipinski definition) is 1. The Hall–Kier alpha value is -2.83. The minimum absolute atomic E-state index is 0.241. The minimum atomic E-state index is -4.85. The maximum absolute atomic E-state index is 13.2. The van der Waals surface area contributed by atoms with Crippen molar-refractivity contribution in [3.05, 3.63) is 71.7 Å². The van der Waals surface area contributed by atoms with Crippen LogP contribution in [0.3, 0.4) is 0 Å². The van der Waals surface area contributed by atoms with Crippen molar-refractivity contribution < 1.29 is 22.4 Å². The molecule has 0 aliphatic carbocycles. The Morgan fingerprint density at radius 1 is 1.08 bits per heavy atom. The van der Waals surface area contributed by atoms with Crippen LogP contribution < -0.4 is 10.2 Å². The van der Waals surface area contributed by atoms with Crippen molar-refractivity contribution in [3.8, 4) is 0 Å². The molecule has 2 aromatic carbocycles. The van der Waals surface area contributed by atoms with E-state index in [0.29, 0.717) is 17.8 Å². The smallest absolute Gasteiger partial charge is 0.378 e. The third-order valence-corrected chi connectivity index (χ3v) is 3.42. The number of carbonyl (C=O) groups excluding carboxylic acids is 1. The molecule has 0 aliphatic rings. The molecule has 0 bridgehead atoms. The summed E-state index contributed by atoms with van der Waals surface area (Å²) in [6.07, 6.45) is -2.44. The number of allylic oxidation sites excluding steroid dienone is 1. The second kappa shape index (κ2) is 7.38. The lowest BCUT2D eigenvalue weighted by atomic mass is 10.1. The summed E-state index contributed by atoms with van der Waals surface area (Å²) in [5.74, 6) is -2.07. The number of hydrogen-bond acceptors (Lipinski definition) is 3. The van der Waals surface area contributed by atoms with Gasteiger partial charge in [0.25, 0.3) is 0 Å². The van der Waals surface area contributed by atoms with E-state index in [1.54, 1.807) is 12.1 Å². The van der Waals surface area contributed by atoms with E-state index in [2.05, 4.69) is 5.32 Å². The Kier molecular flexibility index (Phi) is 5.46. The first-order valence-electron chi connectivity index (χ1n) is 7.30. The van der Waals surface area contributed by atoms with Crippen LogP contribution in [0.15, 0.2) is 54.7 Å². The van der Waals surface area contributed by atoms with E-state index in [9.17, 15) is 22.4 Å². The van der Waals surface area contributed by atoms with Crippen LogP contribution in [0.5, 0.6) is 0 Å².